The number of hydrogen-bond acceptors (Lipinski definition) is 4. The number of carbonyl (C=O) groups is 1. The van der Waals surface area contributed by atoms with E-state index in [9.17, 15) is 14.0 Å². The zero-order valence-corrected chi connectivity index (χ0v) is 13.6. The van der Waals surface area contributed by atoms with E-state index in [0.29, 0.717) is 12.0 Å². The van der Waals surface area contributed by atoms with E-state index < -0.39 is 23.5 Å². The average molecular weight is 345 g/mol. The molecule has 2 heterocycles. The molecule has 0 aliphatic carbocycles. The molecule has 0 fully saturated rings. The van der Waals surface area contributed by atoms with Crippen LogP contribution in [-0.2, 0) is 0 Å². The number of aryl methyl sites for hydroxylation is 1. The van der Waals surface area contributed by atoms with Gasteiger partial charge >= 0.3 is 6.09 Å². The molecule has 3 aromatic rings. The summed E-state index contributed by atoms with van der Waals surface area (Å²) in [5, 5.41) is 17.8. The first-order valence-corrected chi connectivity index (χ1v) is 7.65. The van der Waals surface area contributed by atoms with Crippen molar-refractivity contribution in [3.8, 4) is 5.82 Å². The molecule has 3 rings (SSSR count). The Kier molecular flexibility index (Phi) is 4.22. The Morgan fingerprint density at radius 1 is 1.44 bits per heavy atom. The molecular weight excluding hydrogens is 329 g/mol. The van der Waals surface area contributed by atoms with Crippen LogP contribution in [0.1, 0.15) is 30.8 Å². The third kappa shape index (κ3) is 2.84. The molecule has 2 aromatic heterocycles. The lowest BCUT2D eigenvalue weighted by Gasteiger charge is -2.19. The van der Waals surface area contributed by atoms with Crippen molar-refractivity contribution < 1.29 is 14.3 Å². The Hall–Kier alpha value is -3.23. The molecular formula is C16H16FN5O3. The first-order chi connectivity index (χ1) is 11.9. The maximum absolute atomic E-state index is 14.3. The summed E-state index contributed by atoms with van der Waals surface area (Å²) in [4.78, 5) is 28.5. The Bertz CT molecular complexity index is 997. The fourth-order valence-electron chi connectivity index (χ4n) is 2.73. The maximum Gasteiger partial charge on any atom is 0.405 e. The second-order valence-corrected chi connectivity index (χ2v) is 5.54. The summed E-state index contributed by atoms with van der Waals surface area (Å²) in [6, 6.07) is 3.51. The summed E-state index contributed by atoms with van der Waals surface area (Å²) in [6.07, 6.45) is 0.613. The van der Waals surface area contributed by atoms with Gasteiger partial charge in [-0.15, -0.1) is 0 Å². The van der Waals surface area contributed by atoms with Gasteiger partial charge in [-0.25, -0.2) is 18.7 Å². The lowest BCUT2D eigenvalue weighted by atomic mass is 10.1. The van der Waals surface area contributed by atoms with Gasteiger partial charge in [-0.3, -0.25) is 9.89 Å². The topological polar surface area (TPSA) is 113 Å². The van der Waals surface area contributed by atoms with Crippen LogP contribution in [0, 0.1) is 12.7 Å². The number of H-pyrrole nitrogens is 1. The van der Waals surface area contributed by atoms with Crippen LogP contribution in [0.25, 0.3) is 16.7 Å². The third-order valence-corrected chi connectivity index (χ3v) is 3.93. The van der Waals surface area contributed by atoms with Crippen molar-refractivity contribution in [2.45, 2.75) is 26.3 Å². The number of nitrogens with zero attached hydrogens (tertiary/aromatic N) is 3. The van der Waals surface area contributed by atoms with E-state index in [4.69, 9.17) is 5.11 Å². The van der Waals surface area contributed by atoms with Crippen molar-refractivity contribution in [2.75, 3.05) is 0 Å². The van der Waals surface area contributed by atoms with Crippen LogP contribution in [0.4, 0.5) is 9.18 Å². The fourth-order valence-corrected chi connectivity index (χ4v) is 2.73. The van der Waals surface area contributed by atoms with Crippen LogP contribution in [0.2, 0.25) is 0 Å². The summed E-state index contributed by atoms with van der Waals surface area (Å²) in [5.41, 5.74) is 0.186. The SMILES string of the molecule is CCC(NC(=O)O)c1nc2c(C)ccc(F)c2c(=O)n1-c1cc[nH]n1. The van der Waals surface area contributed by atoms with Crippen molar-refractivity contribution in [3.63, 3.8) is 0 Å². The number of hydrogen-bond donors (Lipinski definition) is 3. The molecule has 130 valence electrons. The van der Waals surface area contributed by atoms with Gasteiger partial charge in [-0.1, -0.05) is 13.0 Å². The van der Waals surface area contributed by atoms with Gasteiger partial charge < -0.3 is 10.4 Å². The smallest absolute Gasteiger partial charge is 0.405 e. The minimum Gasteiger partial charge on any atom is -0.465 e. The van der Waals surface area contributed by atoms with Gasteiger partial charge in [0.1, 0.15) is 17.0 Å². The summed E-state index contributed by atoms with van der Waals surface area (Å²) in [7, 11) is 0. The van der Waals surface area contributed by atoms with E-state index in [1.54, 1.807) is 13.8 Å². The zero-order chi connectivity index (χ0) is 18.1. The highest BCUT2D eigenvalue weighted by Gasteiger charge is 2.24. The second-order valence-electron chi connectivity index (χ2n) is 5.54. The lowest BCUT2D eigenvalue weighted by Crippen LogP contribution is -2.34. The van der Waals surface area contributed by atoms with Crippen LogP contribution < -0.4 is 10.9 Å². The van der Waals surface area contributed by atoms with Crippen molar-refractivity contribution in [1.29, 1.82) is 0 Å². The molecule has 1 amide bonds. The summed E-state index contributed by atoms with van der Waals surface area (Å²) < 4.78 is 15.4. The van der Waals surface area contributed by atoms with Crippen LogP contribution >= 0.6 is 0 Å². The molecule has 9 heteroatoms. The molecule has 3 N–H and O–H groups in total. The molecule has 0 saturated heterocycles. The first kappa shape index (κ1) is 16.6. The molecule has 8 nitrogen and oxygen atoms in total. The molecule has 0 spiro atoms. The lowest BCUT2D eigenvalue weighted by molar-refractivity contribution is 0.188. The largest absolute Gasteiger partial charge is 0.465 e. The Morgan fingerprint density at radius 2 is 2.20 bits per heavy atom. The predicted octanol–water partition coefficient (Wildman–Crippen LogP) is 2.28. The maximum atomic E-state index is 14.3. The van der Waals surface area contributed by atoms with E-state index in [-0.39, 0.29) is 22.5 Å². The van der Waals surface area contributed by atoms with Gasteiger partial charge in [-0.2, -0.15) is 5.10 Å². The van der Waals surface area contributed by atoms with E-state index in [1.165, 1.54) is 24.4 Å². The van der Waals surface area contributed by atoms with Crippen molar-refractivity contribution in [1.82, 2.24) is 25.1 Å². The Labute approximate surface area is 141 Å². The van der Waals surface area contributed by atoms with Gasteiger partial charge in [0.05, 0.1) is 11.6 Å². The average Bonchev–Trinajstić information content (AvgIpc) is 3.09. The molecule has 1 atom stereocenters. The van der Waals surface area contributed by atoms with Crippen LogP contribution in [-0.4, -0.2) is 30.9 Å². The number of aromatic nitrogens is 4. The predicted molar refractivity (Wildman–Crippen MR) is 88.4 cm³/mol. The fraction of sp³-hybridized carbons (Fsp3) is 0.250. The van der Waals surface area contributed by atoms with Gasteiger partial charge in [0.2, 0.25) is 0 Å². The Balaban J connectivity index is 2.42. The van der Waals surface area contributed by atoms with Crippen LogP contribution in [0.15, 0.2) is 29.2 Å². The number of aromatic amines is 1. The quantitative estimate of drug-likeness (QED) is 0.671. The minimum absolute atomic E-state index is 0.156. The number of rotatable bonds is 4. The third-order valence-electron chi connectivity index (χ3n) is 3.93. The van der Waals surface area contributed by atoms with Crippen LogP contribution in [0.3, 0.4) is 0 Å². The number of nitrogens with one attached hydrogen (secondary N) is 2. The van der Waals surface area contributed by atoms with Crippen molar-refractivity contribution >= 4 is 17.0 Å². The van der Waals surface area contributed by atoms with E-state index >= 15 is 0 Å². The van der Waals surface area contributed by atoms with Gasteiger partial charge in [0.15, 0.2) is 5.82 Å². The van der Waals surface area contributed by atoms with E-state index in [0.717, 1.165) is 4.57 Å². The number of carboxylic acid groups (broad SMARTS) is 1. The van der Waals surface area contributed by atoms with Gasteiger partial charge in [0.25, 0.3) is 5.56 Å². The summed E-state index contributed by atoms with van der Waals surface area (Å²) in [6.45, 7) is 3.47. The molecule has 0 aliphatic rings. The standard InChI is InChI=1S/C16H16FN5O3/c1-3-10(19-16(24)25)14-20-13-8(2)4-5-9(17)12(13)15(23)22(14)11-6-7-18-21-11/h4-7,10,19H,3H2,1-2H3,(H,18,21)(H,24,25). The molecule has 1 aromatic carbocycles. The normalized spacial score (nSPS) is 12.3. The van der Waals surface area contributed by atoms with E-state index in [2.05, 4.69) is 20.5 Å². The number of benzene rings is 1. The van der Waals surface area contributed by atoms with Crippen molar-refractivity contribution in [3.05, 3.63) is 52.0 Å². The highest BCUT2D eigenvalue weighted by Crippen LogP contribution is 2.22. The Morgan fingerprint density at radius 3 is 2.80 bits per heavy atom. The molecule has 1 unspecified atom stereocenters. The first-order valence-electron chi connectivity index (χ1n) is 7.65. The molecule has 0 aliphatic heterocycles. The molecule has 25 heavy (non-hydrogen) atoms. The zero-order valence-electron chi connectivity index (χ0n) is 13.6. The van der Waals surface area contributed by atoms with Crippen LogP contribution in [0.5, 0.6) is 0 Å². The number of amides is 1. The monoisotopic (exact) mass is 345 g/mol. The summed E-state index contributed by atoms with van der Waals surface area (Å²) in [5.74, 6) is -0.322. The van der Waals surface area contributed by atoms with Crippen molar-refractivity contribution in [2.24, 2.45) is 0 Å². The number of halogens is 1. The molecule has 0 bridgehead atoms. The number of fused-ring (bicyclic) bond motifs is 1. The summed E-state index contributed by atoms with van der Waals surface area (Å²) >= 11 is 0. The van der Waals surface area contributed by atoms with Gasteiger partial charge in [-0.05, 0) is 25.0 Å². The van der Waals surface area contributed by atoms with E-state index in [1.807, 2.05) is 0 Å². The molecule has 0 radical (unpaired) electrons. The minimum atomic E-state index is -1.24. The highest BCUT2D eigenvalue weighted by molar-refractivity contribution is 5.82. The second kappa shape index (κ2) is 6.34. The highest BCUT2D eigenvalue weighted by atomic mass is 19.1. The molecule has 0 saturated carbocycles. The van der Waals surface area contributed by atoms with Gasteiger partial charge in [0, 0.05) is 12.3 Å².